The molecule has 19 heavy (non-hydrogen) atoms. The van der Waals surface area contributed by atoms with Crippen LogP contribution in [0.5, 0.6) is 0 Å². The second-order valence-electron chi connectivity index (χ2n) is 5.38. The molecule has 0 unspecified atom stereocenters. The molecule has 0 aliphatic carbocycles. The number of rotatable bonds is 2. The molecule has 0 atom stereocenters. The number of fused-ring (bicyclic) bond motifs is 1. The van der Waals surface area contributed by atoms with Gasteiger partial charge in [0.15, 0.2) is 0 Å². The van der Waals surface area contributed by atoms with E-state index in [1.54, 1.807) is 0 Å². The van der Waals surface area contributed by atoms with Crippen molar-refractivity contribution in [2.75, 3.05) is 13.6 Å². The predicted octanol–water partition coefficient (Wildman–Crippen LogP) is 2.80. The van der Waals surface area contributed by atoms with Gasteiger partial charge in [-0.15, -0.1) is 0 Å². The summed E-state index contributed by atoms with van der Waals surface area (Å²) in [4.78, 5) is 2.37. The molecular formula is C17H20N2. The molecule has 2 heteroatoms. The number of hydrogen-bond acceptors (Lipinski definition) is 2. The van der Waals surface area contributed by atoms with Gasteiger partial charge in [0.25, 0.3) is 0 Å². The van der Waals surface area contributed by atoms with Crippen molar-refractivity contribution in [3.8, 4) is 11.1 Å². The molecule has 0 radical (unpaired) electrons. The van der Waals surface area contributed by atoms with Crippen LogP contribution in [0.1, 0.15) is 16.7 Å². The minimum Gasteiger partial charge on any atom is -0.326 e. The molecule has 3 rings (SSSR count). The molecule has 0 aromatic heterocycles. The molecule has 0 bridgehead atoms. The lowest BCUT2D eigenvalue weighted by Gasteiger charge is -2.25. The van der Waals surface area contributed by atoms with Gasteiger partial charge < -0.3 is 10.6 Å². The summed E-state index contributed by atoms with van der Waals surface area (Å²) in [6, 6.07) is 15.4. The number of nitrogens with zero attached hydrogens (tertiary/aromatic N) is 1. The average Bonchev–Trinajstić information content (AvgIpc) is 2.46. The fourth-order valence-electron chi connectivity index (χ4n) is 2.75. The second kappa shape index (κ2) is 5.16. The van der Waals surface area contributed by atoms with Gasteiger partial charge in [-0.3, -0.25) is 0 Å². The average molecular weight is 252 g/mol. The van der Waals surface area contributed by atoms with E-state index in [2.05, 4.69) is 54.4 Å². The van der Waals surface area contributed by atoms with Crippen molar-refractivity contribution < 1.29 is 0 Å². The minimum absolute atomic E-state index is 0.601. The molecule has 1 aliphatic rings. The van der Waals surface area contributed by atoms with E-state index in [9.17, 15) is 0 Å². The highest BCUT2D eigenvalue weighted by atomic mass is 15.1. The Kier molecular flexibility index (Phi) is 3.36. The van der Waals surface area contributed by atoms with Crippen molar-refractivity contribution in [1.82, 2.24) is 4.90 Å². The molecule has 2 N–H and O–H groups in total. The van der Waals surface area contributed by atoms with Crippen LogP contribution in [-0.4, -0.2) is 18.5 Å². The Morgan fingerprint density at radius 2 is 1.89 bits per heavy atom. The zero-order valence-corrected chi connectivity index (χ0v) is 11.4. The Morgan fingerprint density at radius 3 is 2.74 bits per heavy atom. The van der Waals surface area contributed by atoms with E-state index in [1.807, 2.05) is 0 Å². The van der Waals surface area contributed by atoms with Crippen LogP contribution in [0, 0.1) is 0 Å². The van der Waals surface area contributed by atoms with Gasteiger partial charge in [0.05, 0.1) is 0 Å². The van der Waals surface area contributed by atoms with E-state index in [0.29, 0.717) is 6.54 Å². The summed E-state index contributed by atoms with van der Waals surface area (Å²) in [6.45, 7) is 2.82. The molecular weight excluding hydrogens is 232 g/mol. The predicted molar refractivity (Wildman–Crippen MR) is 79.8 cm³/mol. The van der Waals surface area contributed by atoms with Gasteiger partial charge in [-0.25, -0.2) is 0 Å². The van der Waals surface area contributed by atoms with Gasteiger partial charge in [-0.2, -0.15) is 0 Å². The van der Waals surface area contributed by atoms with Crippen LogP contribution >= 0.6 is 0 Å². The molecule has 2 aromatic carbocycles. The highest BCUT2D eigenvalue weighted by Crippen LogP contribution is 2.26. The first kappa shape index (κ1) is 12.4. The first-order chi connectivity index (χ1) is 9.26. The third-order valence-electron chi connectivity index (χ3n) is 3.91. The molecule has 0 spiro atoms. The monoisotopic (exact) mass is 252 g/mol. The normalized spacial score (nSPS) is 15.3. The molecule has 98 valence electrons. The molecule has 1 heterocycles. The third kappa shape index (κ3) is 2.55. The Bertz CT molecular complexity index is 590. The zero-order valence-electron chi connectivity index (χ0n) is 11.4. The first-order valence-corrected chi connectivity index (χ1v) is 6.86. The van der Waals surface area contributed by atoms with Gasteiger partial charge in [0, 0.05) is 19.6 Å². The van der Waals surface area contributed by atoms with Gasteiger partial charge in [-0.1, -0.05) is 36.4 Å². The summed E-state index contributed by atoms with van der Waals surface area (Å²) >= 11 is 0. The third-order valence-corrected chi connectivity index (χ3v) is 3.91. The molecule has 0 amide bonds. The number of likely N-dealkylation sites (N-methyl/N-ethyl adjacent to an activating group) is 1. The van der Waals surface area contributed by atoms with Gasteiger partial charge >= 0.3 is 0 Å². The van der Waals surface area contributed by atoms with Crippen LogP contribution in [0.3, 0.4) is 0 Å². The summed E-state index contributed by atoms with van der Waals surface area (Å²) in [7, 11) is 2.18. The van der Waals surface area contributed by atoms with Gasteiger partial charge in [0.2, 0.25) is 0 Å². The van der Waals surface area contributed by atoms with Crippen LogP contribution in [0.2, 0.25) is 0 Å². The molecule has 1 aliphatic heterocycles. The fraction of sp³-hybridized carbons (Fsp3) is 0.294. The van der Waals surface area contributed by atoms with E-state index >= 15 is 0 Å². The Hall–Kier alpha value is -1.64. The lowest BCUT2D eigenvalue weighted by atomic mass is 9.94. The highest BCUT2D eigenvalue weighted by molar-refractivity contribution is 5.65. The Labute approximate surface area is 114 Å². The fourth-order valence-corrected chi connectivity index (χ4v) is 2.75. The standard InChI is InChI=1S/C17H20N2/c1-19-8-7-16-10-15(5-6-17(16)12-19)14-4-2-3-13(9-14)11-18/h2-6,9-10H,7-8,11-12,18H2,1H3. The summed E-state index contributed by atoms with van der Waals surface area (Å²) in [5.74, 6) is 0. The maximum absolute atomic E-state index is 5.72. The first-order valence-electron chi connectivity index (χ1n) is 6.86. The number of nitrogens with two attached hydrogens (primary N) is 1. The van der Waals surface area contributed by atoms with Crippen molar-refractivity contribution in [3.63, 3.8) is 0 Å². The smallest absolute Gasteiger partial charge is 0.0233 e. The minimum atomic E-state index is 0.601. The Balaban J connectivity index is 1.97. The quantitative estimate of drug-likeness (QED) is 0.890. The second-order valence-corrected chi connectivity index (χ2v) is 5.38. The molecule has 2 aromatic rings. The van der Waals surface area contributed by atoms with Crippen molar-refractivity contribution in [2.45, 2.75) is 19.5 Å². The lowest BCUT2D eigenvalue weighted by molar-refractivity contribution is 0.313. The SMILES string of the molecule is CN1CCc2cc(-c3cccc(CN)c3)ccc2C1. The maximum atomic E-state index is 5.72. The summed E-state index contributed by atoms with van der Waals surface area (Å²) in [5, 5.41) is 0. The molecule has 0 fully saturated rings. The Morgan fingerprint density at radius 1 is 1.05 bits per heavy atom. The summed E-state index contributed by atoms with van der Waals surface area (Å²) in [5.41, 5.74) is 12.4. The highest BCUT2D eigenvalue weighted by Gasteiger charge is 2.13. The van der Waals surface area contributed by atoms with Crippen LogP contribution < -0.4 is 5.73 Å². The van der Waals surface area contributed by atoms with E-state index in [0.717, 1.165) is 19.5 Å². The van der Waals surface area contributed by atoms with Gasteiger partial charge in [0.1, 0.15) is 0 Å². The van der Waals surface area contributed by atoms with Gasteiger partial charge in [-0.05, 0) is 47.4 Å². The van der Waals surface area contributed by atoms with E-state index < -0.39 is 0 Å². The number of benzene rings is 2. The van der Waals surface area contributed by atoms with E-state index in [-0.39, 0.29) is 0 Å². The summed E-state index contributed by atoms with van der Waals surface area (Å²) in [6.07, 6.45) is 1.15. The lowest BCUT2D eigenvalue weighted by Crippen LogP contribution is -2.26. The van der Waals surface area contributed by atoms with Crippen molar-refractivity contribution in [3.05, 3.63) is 59.2 Å². The molecule has 2 nitrogen and oxygen atoms in total. The molecule has 0 saturated carbocycles. The zero-order chi connectivity index (χ0) is 13.2. The van der Waals surface area contributed by atoms with E-state index in [1.165, 1.54) is 27.8 Å². The van der Waals surface area contributed by atoms with Crippen LogP contribution in [0.4, 0.5) is 0 Å². The topological polar surface area (TPSA) is 29.3 Å². The van der Waals surface area contributed by atoms with Crippen LogP contribution in [0.25, 0.3) is 11.1 Å². The van der Waals surface area contributed by atoms with Crippen LogP contribution in [-0.2, 0) is 19.5 Å². The summed E-state index contributed by atoms with van der Waals surface area (Å²) < 4.78 is 0. The number of hydrogen-bond donors (Lipinski definition) is 1. The largest absolute Gasteiger partial charge is 0.326 e. The van der Waals surface area contributed by atoms with Crippen LogP contribution in [0.15, 0.2) is 42.5 Å². The maximum Gasteiger partial charge on any atom is 0.0233 e. The van der Waals surface area contributed by atoms with Crippen molar-refractivity contribution >= 4 is 0 Å². The molecule has 0 saturated heterocycles. The van der Waals surface area contributed by atoms with Crippen molar-refractivity contribution in [2.24, 2.45) is 5.73 Å². The van der Waals surface area contributed by atoms with Crippen molar-refractivity contribution in [1.29, 1.82) is 0 Å². The van der Waals surface area contributed by atoms with E-state index in [4.69, 9.17) is 5.73 Å².